The fourth-order valence-electron chi connectivity index (χ4n) is 3.42. The first kappa shape index (κ1) is 20.0. The molecule has 1 saturated heterocycles. The summed E-state index contributed by atoms with van der Waals surface area (Å²) in [5.74, 6) is 0.935. The quantitative estimate of drug-likeness (QED) is 0.285. The van der Waals surface area contributed by atoms with Crippen LogP contribution in [0.2, 0.25) is 0 Å². The maximum absolute atomic E-state index is 5.35. The van der Waals surface area contributed by atoms with Crippen molar-refractivity contribution < 1.29 is 4.74 Å². The highest BCUT2D eigenvalue weighted by Crippen LogP contribution is 2.26. The molecule has 2 fully saturated rings. The van der Waals surface area contributed by atoms with Crippen LogP contribution < -0.4 is 10.6 Å². The topological polar surface area (TPSA) is 48.9 Å². The van der Waals surface area contributed by atoms with Crippen LogP contribution in [0.15, 0.2) is 4.99 Å². The van der Waals surface area contributed by atoms with Gasteiger partial charge in [-0.15, -0.1) is 24.0 Å². The summed E-state index contributed by atoms with van der Waals surface area (Å²) in [6, 6.07) is 1.39. The van der Waals surface area contributed by atoms with Crippen molar-refractivity contribution in [2.24, 2.45) is 4.99 Å². The van der Waals surface area contributed by atoms with E-state index in [0.29, 0.717) is 6.04 Å². The minimum Gasteiger partial charge on any atom is -0.382 e. The van der Waals surface area contributed by atoms with Crippen molar-refractivity contribution in [2.75, 3.05) is 39.9 Å². The van der Waals surface area contributed by atoms with Crippen LogP contribution in [0.3, 0.4) is 0 Å². The van der Waals surface area contributed by atoms with E-state index < -0.39 is 0 Å². The maximum Gasteiger partial charge on any atom is 0.191 e. The Labute approximate surface area is 152 Å². The number of hydrogen-bond donors (Lipinski definition) is 2. The molecule has 0 aromatic rings. The molecule has 1 heterocycles. The highest BCUT2D eigenvalue weighted by atomic mass is 127. The van der Waals surface area contributed by atoms with Gasteiger partial charge >= 0.3 is 0 Å². The molecule has 6 heteroatoms. The van der Waals surface area contributed by atoms with Gasteiger partial charge in [0.1, 0.15) is 0 Å². The van der Waals surface area contributed by atoms with Crippen LogP contribution in [0.1, 0.15) is 45.4 Å². The molecular formula is C16H33IN4O. The number of aliphatic imine (C=N–C) groups is 1. The van der Waals surface area contributed by atoms with Crippen LogP contribution in [0.5, 0.6) is 0 Å². The van der Waals surface area contributed by atoms with Crippen LogP contribution in [0.4, 0.5) is 0 Å². The molecule has 0 amide bonds. The zero-order chi connectivity index (χ0) is 14.9. The lowest BCUT2D eigenvalue weighted by molar-refractivity contribution is 0.145. The zero-order valence-corrected chi connectivity index (χ0v) is 16.5. The standard InChI is InChI=1S/C16H32N4O.HI/c1-3-21-12-6-10-18-16(17-2)19-14-9-11-20(13-14)15-7-4-5-8-15;/h14-15H,3-13H2,1-2H3,(H2,17,18,19);1H. The SMILES string of the molecule is CCOCCCNC(=NC)NC1CCN(C2CCCC2)C1.I. The van der Waals surface area contributed by atoms with Crippen molar-refractivity contribution in [3.8, 4) is 0 Å². The van der Waals surface area contributed by atoms with Gasteiger partial charge in [-0.3, -0.25) is 9.89 Å². The Bertz CT molecular complexity index is 321. The van der Waals surface area contributed by atoms with E-state index in [4.69, 9.17) is 4.74 Å². The molecule has 1 aliphatic carbocycles. The first-order valence-electron chi connectivity index (χ1n) is 8.62. The molecule has 0 spiro atoms. The molecule has 0 bridgehead atoms. The highest BCUT2D eigenvalue weighted by molar-refractivity contribution is 14.0. The molecule has 1 unspecified atom stereocenters. The Morgan fingerprint density at radius 3 is 2.73 bits per heavy atom. The first-order valence-corrected chi connectivity index (χ1v) is 8.62. The third-order valence-electron chi connectivity index (χ3n) is 4.59. The van der Waals surface area contributed by atoms with Gasteiger partial charge in [0.2, 0.25) is 0 Å². The number of rotatable bonds is 7. The fourth-order valence-corrected chi connectivity index (χ4v) is 3.42. The van der Waals surface area contributed by atoms with Gasteiger partial charge in [-0.25, -0.2) is 0 Å². The maximum atomic E-state index is 5.35. The summed E-state index contributed by atoms with van der Waals surface area (Å²) in [6.07, 6.45) is 7.89. The van der Waals surface area contributed by atoms with E-state index in [-0.39, 0.29) is 24.0 Å². The van der Waals surface area contributed by atoms with Gasteiger partial charge in [0.15, 0.2) is 5.96 Å². The minimum absolute atomic E-state index is 0. The van der Waals surface area contributed by atoms with Crippen LogP contribution in [0.25, 0.3) is 0 Å². The third-order valence-corrected chi connectivity index (χ3v) is 4.59. The molecule has 2 aliphatic rings. The Hall–Kier alpha value is -0.0800. The van der Waals surface area contributed by atoms with E-state index in [1.54, 1.807) is 0 Å². The highest BCUT2D eigenvalue weighted by Gasteiger charge is 2.30. The van der Waals surface area contributed by atoms with Crippen molar-refractivity contribution in [3.05, 3.63) is 0 Å². The van der Waals surface area contributed by atoms with Gasteiger partial charge in [0.25, 0.3) is 0 Å². The molecule has 130 valence electrons. The van der Waals surface area contributed by atoms with Gasteiger partial charge in [0.05, 0.1) is 0 Å². The number of nitrogens with one attached hydrogen (secondary N) is 2. The van der Waals surface area contributed by atoms with Gasteiger partial charge in [-0.05, 0) is 32.6 Å². The largest absolute Gasteiger partial charge is 0.382 e. The normalized spacial score (nSPS) is 23.5. The second-order valence-corrected chi connectivity index (χ2v) is 6.11. The van der Waals surface area contributed by atoms with E-state index >= 15 is 0 Å². The van der Waals surface area contributed by atoms with E-state index in [1.807, 2.05) is 14.0 Å². The fraction of sp³-hybridized carbons (Fsp3) is 0.938. The summed E-state index contributed by atoms with van der Waals surface area (Å²) in [5.41, 5.74) is 0. The third kappa shape index (κ3) is 6.58. The minimum atomic E-state index is 0. The smallest absolute Gasteiger partial charge is 0.191 e. The van der Waals surface area contributed by atoms with E-state index in [0.717, 1.165) is 38.2 Å². The molecule has 2 rings (SSSR count). The monoisotopic (exact) mass is 424 g/mol. The number of hydrogen-bond acceptors (Lipinski definition) is 3. The number of halogens is 1. The number of ether oxygens (including phenoxy) is 1. The molecule has 2 N–H and O–H groups in total. The van der Waals surface area contributed by atoms with Crippen molar-refractivity contribution in [1.82, 2.24) is 15.5 Å². The van der Waals surface area contributed by atoms with Gasteiger partial charge in [-0.1, -0.05) is 12.8 Å². The molecule has 5 nitrogen and oxygen atoms in total. The Balaban J connectivity index is 0.00000242. The molecule has 1 atom stereocenters. The Morgan fingerprint density at radius 2 is 2.05 bits per heavy atom. The van der Waals surface area contributed by atoms with Crippen molar-refractivity contribution in [1.29, 1.82) is 0 Å². The molecule has 0 aromatic carbocycles. The average molecular weight is 424 g/mol. The van der Waals surface area contributed by atoms with Crippen molar-refractivity contribution >= 4 is 29.9 Å². The van der Waals surface area contributed by atoms with Crippen LogP contribution in [-0.2, 0) is 4.74 Å². The van der Waals surface area contributed by atoms with Crippen molar-refractivity contribution in [3.63, 3.8) is 0 Å². The number of nitrogens with zero attached hydrogens (tertiary/aromatic N) is 2. The molecule has 1 saturated carbocycles. The molecule has 1 aliphatic heterocycles. The first-order chi connectivity index (χ1) is 10.3. The predicted molar refractivity (Wildman–Crippen MR) is 103 cm³/mol. The summed E-state index contributed by atoms with van der Waals surface area (Å²) in [7, 11) is 1.85. The summed E-state index contributed by atoms with van der Waals surface area (Å²) < 4.78 is 5.35. The molecular weight excluding hydrogens is 391 g/mol. The van der Waals surface area contributed by atoms with Gasteiger partial charge in [0, 0.05) is 52.0 Å². The second-order valence-electron chi connectivity index (χ2n) is 6.11. The molecule has 22 heavy (non-hydrogen) atoms. The lowest BCUT2D eigenvalue weighted by Crippen LogP contribution is -2.45. The predicted octanol–water partition coefficient (Wildman–Crippen LogP) is 2.21. The van der Waals surface area contributed by atoms with Crippen LogP contribution in [0, 0.1) is 0 Å². The van der Waals surface area contributed by atoms with Gasteiger partial charge in [-0.2, -0.15) is 0 Å². The van der Waals surface area contributed by atoms with Crippen LogP contribution in [-0.4, -0.2) is 62.8 Å². The summed E-state index contributed by atoms with van der Waals surface area (Å²) in [4.78, 5) is 7.00. The summed E-state index contributed by atoms with van der Waals surface area (Å²) in [5, 5.41) is 6.95. The lowest BCUT2D eigenvalue weighted by atomic mass is 10.2. The Kier molecular flexibility index (Phi) is 10.4. The zero-order valence-electron chi connectivity index (χ0n) is 14.1. The van der Waals surface area contributed by atoms with Gasteiger partial charge < -0.3 is 15.4 Å². The molecule has 0 radical (unpaired) electrons. The van der Waals surface area contributed by atoms with Crippen LogP contribution >= 0.6 is 24.0 Å². The Morgan fingerprint density at radius 1 is 1.27 bits per heavy atom. The lowest BCUT2D eigenvalue weighted by Gasteiger charge is -2.24. The second kappa shape index (κ2) is 11.5. The van der Waals surface area contributed by atoms with E-state index in [1.165, 1.54) is 45.2 Å². The average Bonchev–Trinajstić information content (AvgIpc) is 3.16. The number of likely N-dealkylation sites (tertiary alicyclic amines) is 1. The summed E-state index contributed by atoms with van der Waals surface area (Å²) in [6.45, 7) is 6.97. The van der Waals surface area contributed by atoms with Crippen molar-refractivity contribution in [2.45, 2.75) is 57.5 Å². The van der Waals surface area contributed by atoms with E-state index in [2.05, 4.69) is 20.5 Å². The number of guanidine groups is 1. The molecule has 0 aromatic heterocycles. The van der Waals surface area contributed by atoms with E-state index in [9.17, 15) is 0 Å². The summed E-state index contributed by atoms with van der Waals surface area (Å²) >= 11 is 0.